The fraction of sp³-hybridized carbons (Fsp3) is 0.500. The highest BCUT2D eigenvalue weighted by atomic mass is 16.1. The fourth-order valence-corrected chi connectivity index (χ4v) is 2.57. The molecule has 0 N–H and O–H groups in total. The van der Waals surface area contributed by atoms with Gasteiger partial charge in [-0.05, 0) is 54.9 Å². The van der Waals surface area contributed by atoms with Crippen LogP contribution in [0.25, 0.3) is 0 Å². The van der Waals surface area contributed by atoms with Crippen molar-refractivity contribution in [1.29, 1.82) is 0 Å². The third-order valence-corrected chi connectivity index (χ3v) is 3.58. The average Bonchev–Trinajstić information content (AvgIpc) is 2.40. The highest BCUT2D eigenvalue weighted by Gasteiger charge is 2.30. The van der Waals surface area contributed by atoms with E-state index in [9.17, 15) is 4.79 Å². The van der Waals surface area contributed by atoms with E-state index in [-0.39, 0.29) is 11.2 Å². The Bertz CT molecular complexity index is 427. The Morgan fingerprint density at radius 3 is 2.60 bits per heavy atom. The zero-order valence-electron chi connectivity index (χ0n) is 9.98. The first-order valence-electron chi connectivity index (χ1n) is 5.57. The molecule has 1 heteroatoms. The molecule has 0 saturated carbocycles. The van der Waals surface area contributed by atoms with E-state index >= 15 is 0 Å². The summed E-state index contributed by atoms with van der Waals surface area (Å²) in [6.07, 6.45) is 2.35. The Hall–Kier alpha value is -1.11. The standard InChI is InChI=1S/C14H18O/c1-9-7-11-5-6-14(3,4)13(11)8-12(9)10(2)15/h7-8H,5-6H2,1-4H3. The van der Waals surface area contributed by atoms with E-state index in [1.54, 1.807) is 6.92 Å². The van der Waals surface area contributed by atoms with Gasteiger partial charge in [-0.2, -0.15) is 0 Å². The molecule has 0 heterocycles. The number of fused-ring (bicyclic) bond motifs is 1. The maximum atomic E-state index is 11.5. The number of ketones is 1. The Labute approximate surface area is 91.5 Å². The summed E-state index contributed by atoms with van der Waals surface area (Å²) >= 11 is 0. The van der Waals surface area contributed by atoms with Gasteiger partial charge in [0, 0.05) is 5.56 Å². The summed E-state index contributed by atoms with van der Waals surface area (Å²) in [4.78, 5) is 11.5. The largest absolute Gasteiger partial charge is 0.295 e. The van der Waals surface area contributed by atoms with E-state index in [1.807, 2.05) is 6.92 Å². The molecule has 1 nitrogen and oxygen atoms in total. The Morgan fingerprint density at radius 1 is 1.33 bits per heavy atom. The van der Waals surface area contributed by atoms with Gasteiger partial charge in [-0.25, -0.2) is 0 Å². The molecule has 80 valence electrons. The van der Waals surface area contributed by atoms with Crippen molar-refractivity contribution < 1.29 is 4.79 Å². The molecule has 1 aliphatic carbocycles. The van der Waals surface area contributed by atoms with Crippen molar-refractivity contribution >= 4 is 5.78 Å². The summed E-state index contributed by atoms with van der Waals surface area (Å²) in [7, 11) is 0. The van der Waals surface area contributed by atoms with E-state index in [4.69, 9.17) is 0 Å². The van der Waals surface area contributed by atoms with Gasteiger partial charge >= 0.3 is 0 Å². The number of hydrogen-bond acceptors (Lipinski definition) is 1. The molecule has 2 rings (SSSR count). The molecule has 1 aromatic rings. The molecule has 15 heavy (non-hydrogen) atoms. The molecule has 0 atom stereocenters. The molecule has 0 fully saturated rings. The minimum Gasteiger partial charge on any atom is -0.295 e. The van der Waals surface area contributed by atoms with E-state index in [0.717, 1.165) is 17.5 Å². The lowest BCUT2D eigenvalue weighted by Crippen LogP contribution is -2.13. The zero-order valence-corrected chi connectivity index (χ0v) is 9.98. The predicted octanol–water partition coefficient (Wildman–Crippen LogP) is 3.42. The van der Waals surface area contributed by atoms with Crippen LogP contribution < -0.4 is 0 Å². The van der Waals surface area contributed by atoms with Crippen molar-refractivity contribution in [2.45, 2.75) is 46.0 Å². The van der Waals surface area contributed by atoms with E-state index in [0.29, 0.717) is 0 Å². The molecular weight excluding hydrogens is 184 g/mol. The van der Waals surface area contributed by atoms with Crippen LogP contribution in [0.3, 0.4) is 0 Å². The van der Waals surface area contributed by atoms with Gasteiger partial charge in [-0.15, -0.1) is 0 Å². The molecule has 0 radical (unpaired) electrons. The topological polar surface area (TPSA) is 17.1 Å². The van der Waals surface area contributed by atoms with Crippen LogP contribution in [-0.2, 0) is 11.8 Å². The molecule has 0 aliphatic heterocycles. The first-order chi connectivity index (χ1) is 6.92. The fourth-order valence-electron chi connectivity index (χ4n) is 2.57. The molecule has 0 amide bonds. The maximum Gasteiger partial charge on any atom is 0.160 e. The van der Waals surface area contributed by atoms with Crippen LogP contribution in [-0.4, -0.2) is 5.78 Å². The number of carbonyl (C=O) groups is 1. The van der Waals surface area contributed by atoms with Crippen molar-refractivity contribution in [2.75, 3.05) is 0 Å². The highest BCUT2D eigenvalue weighted by Crippen LogP contribution is 2.39. The van der Waals surface area contributed by atoms with Crippen molar-refractivity contribution in [3.63, 3.8) is 0 Å². The van der Waals surface area contributed by atoms with Gasteiger partial charge in [0.1, 0.15) is 0 Å². The Morgan fingerprint density at radius 2 is 2.00 bits per heavy atom. The molecule has 0 spiro atoms. The van der Waals surface area contributed by atoms with Gasteiger partial charge in [-0.1, -0.05) is 19.9 Å². The van der Waals surface area contributed by atoms with E-state index in [2.05, 4.69) is 26.0 Å². The number of aryl methyl sites for hydroxylation is 2. The Kier molecular flexibility index (Phi) is 2.22. The molecule has 1 aliphatic rings. The van der Waals surface area contributed by atoms with Gasteiger partial charge in [0.05, 0.1) is 0 Å². The summed E-state index contributed by atoms with van der Waals surface area (Å²) in [5, 5.41) is 0. The van der Waals surface area contributed by atoms with Gasteiger partial charge in [-0.3, -0.25) is 4.79 Å². The third kappa shape index (κ3) is 1.60. The molecule has 1 aromatic carbocycles. The Balaban J connectivity index is 2.62. The van der Waals surface area contributed by atoms with Crippen molar-refractivity contribution in [3.8, 4) is 0 Å². The lowest BCUT2D eigenvalue weighted by Gasteiger charge is -2.19. The normalized spacial score (nSPS) is 17.6. The molecular formula is C14H18O. The van der Waals surface area contributed by atoms with Crippen molar-refractivity contribution in [1.82, 2.24) is 0 Å². The number of carbonyl (C=O) groups excluding carboxylic acids is 1. The monoisotopic (exact) mass is 202 g/mol. The first kappa shape index (κ1) is 10.4. The molecule has 0 unspecified atom stereocenters. The quantitative estimate of drug-likeness (QED) is 0.638. The summed E-state index contributed by atoms with van der Waals surface area (Å²) < 4.78 is 0. The third-order valence-electron chi connectivity index (χ3n) is 3.58. The maximum absolute atomic E-state index is 11.5. The second-order valence-corrected chi connectivity index (χ2v) is 5.26. The van der Waals surface area contributed by atoms with Crippen LogP contribution in [0.15, 0.2) is 12.1 Å². The average molecular weight is 202 g/mol. The molecule has 0 bridgehead atoms. The minimum absolute atomic E-state index is 0.179. The summed E-state index contributed by atoms with van der Waals surface area (Å²) in [6.45, 7) is 8.20. The number of Topliss-reactive ketones (excluding diaryl/α,β-unsaturated/α-hetero) is 1. The second-order valence-electron chi connectivity index (χ2n) is 5.26. The number of rotatable bonds is 1. The summed E-state index contributed by atoms with van der Waals surface area (Å²) in [5.41, 5.74) is 5.07. The van der Waals surface area contributed by atoms with Crippen LogP contribution in [0.5, 0.6) is 0 Å². The van der Waals surface area contributed by atoms with E-state index < -0.39 is 0 Å². The lowest BCUT2D eigenvalue weighted by molar-refractivity contribution is 0.101. The van der Waals surface area contributed by atoms with Crippen LogP contribution in [0, 0.1) is 6.92 Å². The van der Waals surface area contributed by atoms with Crippen LogP contribution >= 0.6 is 0 Å². The van der Waals surface area contributed by atoms with Crippen molar-refractivity contribution in [2.24, 2.45) is 0 Å². The van der Waals surface area contributed by atoms with E-state index in [1.165, 1.54) is 17.5 Å². The minimum atomic E-state index is 0.179. The smallest absolute Gasteiger partial charge is 0.160 e. The van der Waals surface area contributed by atoms with Gasteiger partial charge in [0.25, 0.3) is 0 Å². The van der Waals surface area contributed by atoms with Crippen LogP contribution in [0.2, 0.25) is 0 Å². The predicted molar refractivity (Wildman–Crippen MR) is 62.5 cm³/mol. The second kappa shape index (κ2) is 3.19. The molecule has 0 saturated heterocycles. The summed E-state index contributed by atoms with van der Waals surface area (Å²) in [5.74, 6) is 0.179. The van der Waals surface area contributed by atoms with Crippen LogP contribution in [0.4, 0.5) is 0 Å². The summed E-state index contributed by atoms with van der Waals surface area (Å²) in [6, 6.07) is 4.31. The highest BCUT2D eigenvalue weighted by molar-refractivity contribution is 5.96. The number of benzene rings is 1. The number of hydrogen-bond donors (Lipinski definition) is 0. The lowest BCUT2D eigenvalue weighted by atomic mass is 9.85. The zero-order chi connectivity index (χ0) is 11.2. The van der Waals surface area contributed by atoms with Gasteiger partial charge in [0.15, 0.2) is 5.78 Å². The first-order valence-corrected chi connectivity index (χ1v) is 5.57. The van der Waals surface area contributed by atoms with Crippen LogP contribution in [0.1, 0.15) is 54.2 Å². The van der Waals surface area contributed by atoms with Gasteiger partial charge < -0.3 is 0 Å². The van der Waals surface area contributed by atoms with Gasteiger partial charge in [0.2, 0.25) is 0 Å². The van der Waals surface area contributed by atoms with Crippen molar-refractivity contribution in [3.05, 3.63) is 34.4 Å². The SMILES string of the molecule is CC(=O)c1cc2c(cc1C)CCC2(C)C. The molecule has 0 aromatic heterocycles.